The van der Waals surface area contributed by atoms with Crippen LogP contribution in [0.5, 0.6) is 0 Å². The molecule has 1 rings (SSSR count). The third-order valence-corrected chi connectivity index (χ3v) is 3.02. The molecule has 0 fully saturated rings. The van der Waals surface area contributed by atoms with E-state index < -0.39 is 12.0 Å². The van der Waals surface area contributed by atoms with Gasteiger partial charge in [-0.3, -0.25) is 10.1 Å². The van der Waals surface area contributed by atoms with Crippen LogP contribution in [0.2, 0.25) is 0 Å². The lowest BCUT2D eigenvalue weighted by atomic mass is 9.88. The average Bonchev–Trinajstić information content (AvgIpc) is 2.29. The van der Waals surface area contributed by atoms with Crippen LogP contribution < -0.4 is 5.32 Å². The van der Waals surface area contributed by atoms with E-state index >= 15 is 0 Å². The molecule has 3 nitrogen and oxygen atoms in total. The molecule has 0 aliphatic rings. The van der Waals surface area contributed by atoms with Gasteiger partial charge in [0.15, 0.2) is 0 Å². The van der Waals surface area contributed by atoms with E-state index in [-0.39, 0.29) is 5.54 Å². The van der Waals surface area contributed by atoms with Crippen LogP contribution >= 0.6 is 0 Å². The molecular formula is C13H19NO2. The minimum absolute atomic E-state index is 0.293. The molecule has 0 bridgehead atoms. The van der Waals surface area contributed by atoms with Crippen LogP contribution in [0.25, 0.3) is 0 Å². The summed E-state index contributed by atoms with van der Waals surface area (Å²) in [5.74, 6) is -0.824. The minimum Gasteiger partial charge on any atom is -0.480 e. The van der Waals surface area contributed by atoms with E-state index in [2.05, 4.69) is 12.2 Å². The van der Waals surface area contributed by atoms with Gasteiger partial charge in [-0.25, -0.2) is 0 Å². The molecule has 0 aliphatic heterocycles. The van der Waals surface area contributed by atoms with Crippen LogP contribution in [0.1, 0.15) is 32.8 Å². The predicted octanol–water partition coefficient (Wildman–Crippen LogP) is 2.37. The fourth-order valence-corrected chi connectivity index (χ4v) is 1.74. The summed E-state index contributed by atoms with van der Waals surface area (Å²) in [7, 11) is 0. The highest BCUT2D eigenvalue weighted by atomic mass is 16.4. The van der Waals surface area contributed by atoms with Gasteiger partial charge < -0.3 is 5.11 Å². The Labute approximate surface area is 96.5 Å². The molecule has 1 aromatic rings. The smallest absolute Gasteiger partial charge is 0.320 e. The number of benzene rings is 1. The monoisotopic (exact) mass is 221 g/mol. The van der Waals surface area contributed by atoms with E-state index in [1.54, 1.807) is 6.92 Å². The zero-order valence-corrected chi connectivity index (χ0v) is 10.0. The summed E-state index contributed by atoms with van der Waals surface area (Å²) in [6.07, 6.45) is 0.842. The van der Waals surface area contributed by atoms with Crippen LogP contribution in [0.4, 0.5) is 0 Å². The molecule has 0 heterocycles. The zero-order valence-electron chi connectivity index (χ0n) is 10.0. The third-order valence-electron chi connectivity index (χ3n) is 3.02. The number of rotatable bonds is 5. The fraction of sp³-hybridized carbons (Fsp3) is 0.462. The van der Waals surface area contributed by atoms with E-state index in [1.165, 1.54) is 0 Å². The lowest BCUT2D eigenvalue weighted by molar-refractivity contribution is -0.139. The summed E-state index contributed by atoms with van der Waals surface area (Å²) in [6, 6.07) is 9.38. The lowest BCUT2D eigenvalue weighted by Gasteiger charge is -2.32. The van der Waals surface area contributed by atoms with Crippen molar-refractivity contribution in [3.63, 3.8) is 0 Å². The maximum absolute atomic E-state index is 10.9. The van der Waals surface area contributed by atoms with Gasteiger partial charge in [0, 0.05) is 5.54 Å². The molecule has 88 valence electrons. The van der Waals surface area contributed by atoms with Crippen LogP contribution in [0, 0.1) is 0 Å². The van der Waals surface area contributed by atoms with Crippen molar-refractivity contribution in [1.82, 2.24) is 5.32 Å². The Bertz CT molecular complexity index is 350. The van der Waals surface area contributed by atoms with Crippen molar-refractivity contribution in [2.24, 2.45) is 0 Å². The Balaban J connectivity index is 2.90. The Morgan fingerprint density at radius 1 is 1.44 bits per heavy atom. The van der Waals surface area contributed by atoms with Crippen LogP contribution in [-0.2, 0) is 10.3 Å². The molecule has 1 aromatic carbocycles. The van der Waals surface area contributed by atoms with Gasteiger partial charge in [-0.1, -0.05) is 37.3 Å². The van der Waals surface area contributed by atoms with Crippen LogP contribution in [0.3, 0.4) is 0 Å². The Morgan fingerprint density at radius 3 is 2.44 bits per heavy atom. The maximum atomic E-state index is 10.9. The molecular weight excluding hydrogens is 202 g/mol. The number of carbonyl (C=O) groups is 1. The minimum atomic E-state index is -0.824. The molecule has 3 heteroatoms. The summed E-state index contributed by atoms with van der Waals surface area (Å²) in [6.45, 7) is 5.75. The zero-order chi connectivity index (χ0) is 12.2. The normalized spacial score (nSPS) is 16.4. The van der Waals surface area contributed by atoms with Gasteiger partial charge in [-0.15, -0.1) is 0 Å². The van der Waals surface area contributed by atoms with Gasteiger partial charge in [-0.2, -0.15) is 0 Å². The van der Waals surface area contributed by atoms with Crippen molar-refractivity contribution in [2.45, 2.75) is 38.8 Å². The molecule has 0 saturated carbocycles. The first-order valence-electron chi connectivity index (χ1n) is 5.55. The highest BCUT2D eigenvalue weighted by molar-refractivity contribution is 5.73. The topological polar surface area (TPSA) is 49.3 Å². The van der Waals surface area contributed by atoms with E-state index in [0.29, 0.717) is 0 Å². The Kier molecular flexibility index (Phi) is 4.07. The van der Waals surface area contributed by atoms with Gasteiger partial charge in [0.1, 0.15) is 6.04 Å². The number of hydrogen-bond acceptors (Lipinski definition) is 2. The van der Waals surface area contributed by atoms with Gasteiger partial charge >= 0.3 is 5.97 Å². The molecule has 0 spiro atoms. The fourth-order valence-electron chi connectivity index (χ4n) is 1.74. The van der Waals surface area contributed by atoms with E-state index in [9.17, 15) is 4.79 Å². The molecule has 0 radical (unpaired) electrons. The SMILES string of the molecule is CCC(C)(N[C@H](C)C(=O)O)c1ccccc1. The number of nitrogens with one attached hydrogen (secondary N) is 1. The highest BCUT2D eigenvalue weighted by Crippen LogP contribution is 2.24. The molecule has 0 amide bonds. The molecule has 0 aromatic heterocycles. The van der Waals surface area contributed by atoms with E-state index in [0.717, 1.165) is 12.0 Å². The first-order valence-corrected chi connectivity index (χ1v) is 5.55. The third kappa shape index (κ3) is 2.83. The summed E-state index contributed by atoms with van der Waals surface area (Å²) >= 11 is 0. The first kappa shape index (κ1) is 12.7. The van der Waals surface area contributed by atoms with Crippen molar-refractivity contribution in [2.75, 3.05) is 0 Å². The van der Waals surface area contributed by atoms with Crippen LogP contribution in [-0.4, -0.2) is 17.1 Å². The summed E-state index contributed by atoms with van der Waals surface area (Å²) < 4.78 is 0. The lowest BCUT2D eigenvalue weighted by Crippen LogP contribution is -2.47. The molecule has 0 aliphatic carbocycles. The maximum Gasteiger partial charge on any atom is 0.320 e. The van der Waals surface area contributed by atoms with Crippen molar-refractivity contribution < 1.29 is 9.90 Å². The van der Waals surface area contributed by atoms with Crippen LogP contribution in [0.15, 0.2) is 30.3 Å². The number of aliphatic carboxylic acids is 1. The van der Waals surface area contributed by atoms with Crippen molar-refractivity contribution in [3.8, 4) is 0 Å². The second kappa shape index (κ2) is 5.12. The van der Waals surface area contributed by atoms with E-state index in [1.807, 2.05) is 37.3 Å². The number of carboxylic acids is 1. The quantitative estimate of drug-likeness (QED) is 0.802. The largest absolute Gasteiger partial charge is 0.480 e. The molecule has 16 heavy (non-hydrogen) atoms. The first-order chi connectivity index (χ1) is 7.49. The van der Waals surface area contributed by atoms with Gasteiger partial charge in [-0.05, 0) is 25.8 Å². The second-order valence-electron chi connectivity index (χ2n) is 4.26. The highest BCUT2D eigenvalue weighted by Gasteiger charge is 2.27. The standard InChI is InChI=1S/C13H19NO2/c1-4-13(3,14-10(2)12(15)16)11-8-6-5-7-9-11/h5-10,14H,4H2,1-3H3,(H,15,16)/t10-,13?/m1/s1. The molecule has 2 N–H and O–H groups in total. The Morgan fingerprint density at radius 2 is 2.00 bits per heavy atom. The summed E-state index contributed by atoms with van der Waals surface area (Å²) in [5, 5.41) is 12.1. The molecule has 2 atom stereocenters. The number of hydrogen-bond donors (Lipinski definition) is 2. The van der Waals surface area contributed by atoms with Crippen molar-refractivity contribution in [1.29, 1.82) is 0 Å². The molecule has 0 saturated heterocycles. The van der Waals surface area contributed by atoms with Crippen molar-refractivity contribution >= 4 is 5.97 Å². The number of carboxylic acid groups (broad SMARTS) is 1. The van der Waals surface area contributed by atoms with Gasteiger partial charge in [0.2, 0.25) is 0 Å². The van der Waals surface area contributed by atoms with Gasteiger partial charge in [0.25, 0.3) is 0 Å². The van der Waals surface area contributed by atoms with Gasteiger partial charge in [0.05, 0.1) is 0 Å². The van der Waals surface area contributed by atoms with E-state index in [4.69, 9.17) is 5.11 Å². The summed E-state index contributed by atoms with van der Waals surface area (Å²) in [5.41, 5.74) is 0.824. The Hall–Kier alpha value is -1.35. The summed E-state index contributed by atoms with van der Waals surface area (Å²) in [4.78, 5) is 10.9. The average molecular weight is 221 g/mol. The van der Waals surface area contributed by atoms with Crippen molar-refractivity contribution in [3.05, 3.63) is 35.9 Å². The predicted molar refractivity (Wildman–Crippen MR) is 64.3 cm³/mol. The molecule has 1 unspecified atom stereocenters. The second-order valence-corrected chi connectivity index (χ2v) is 4.26.